The number of benzene rings is 5. The highest BCUT2D eigenvalue weighted by Crippen LogP contribution is 2.39. The van der Waals surface area contributed by atoms with Gasteiger partial charge in [-0.3, -0.25) is 0 Å². The maximum absolute atomic E-state index is 5.90. The Morgan fingerprint density at radius 3 is 2.26 bits per heavy atom. The van der Waals surface area contributed by atoms with Gasteiger partial charge in [0.25, 0.3) is 0 Å². The quantitative estimate of drug-likeness (QED) is 0.234. The normalized spacial score (nSPS) is 11.8. The van der Waals surface area contributed by atoms with Crippen molar-refractivity contribution in [2.24, 2.45) is 0 Å². The lowest BCUT2D eigenvalue weighted by Gasteiger charge is -2.14. The lowest BCUT2D eigenvalue weighted by molar-refractivity contribution is 0.608. The molecule has 0 saturated carbocycles. The van der Waals surface area contributed by atoms with Crippen LogP contribution in [0.2, 0.25) is 0 Å². The Kier molecular flexibility index (Phi) is 4.37. The van der Waals surface area contributed by atoms with Crippen LogP contribution >= 0.6 is 0 Å². The summed E-state index contributed by atoms with van der Waals surface area (Å²) in [6, 6.07) is 33.5. The molecular weight excluding hydrogens is 468 g/mol. The molecule has 0 aliphatic heterocycles. The monoisotopic (exact) mass is 488 g/mol. The van der Waals surface area contributed by atoms with Crippen molar-refractivity contribution in [1.82, 2.24) is 19.9 Å². The van der Waals surface area contributed by atoms with Crippen molar-refractivity contribution in [2.75, 3.05) is 0 Å². The molecule has 0 bridgehead atoms. The second-order valence-electron chi connectivity index (χ2n) is 9.61. The maximum Gasteiger partial charge on any atom is 0.247 e. The van der Waals surface area contributed by atoms with Crippen molar-refractivity contribution in [2.45, 2.75) is 6.92 Å². The summed E-state index contributed by atoms with van der Waals surface area (Å²) in [6.45, 7) is 2.01. The minimum Gasteiger partial charge on any atom is -0.418 e. The molecule has 0 spiro atoms. The number of nitrogens with zero attached hydrogens (tertiary/aromatic N) is 4. The fourth-order valence-electron chi connectivity index (χ4n) is 5.48. The first kappa shape index (κ1) is 21.0. The number of oxazole rings is 1. The van der Waals surface area contributed by atoms with Gasteiger partial charge in [-0.25, -0.2) is 19.9 Å². The van der Waals surface area contributed by atoms with E-state index in [1.165, 1.54) is 32.3 Å². The zero-order chi connectivity index (χ0) is 25.2. The van der Waals surface area contributed by atoms with Gasteiger partial charge in [-0.15, -0.1) is 0 Å². The highest BCUT2D eigenvalue weighted by molar-refractivity contribution is 6.25. The molecule has 0 amide bonds. The van der Waals surface area contributed by atoms with E-state index in [-0.39, 0.29) is 0 Å². The zero-order valence-corrected chi connectivity index (χ0v) is 20.5. The standard InChI is InChI=1S/C33H20N4O/c1-19-17-28(25-14-12-22-11-10-20-5-2-6-21-13-15-26(25)30(22)29(20)21)36-31(35-19)23-7-3-8-24(18-23)32-37-27-9-4-16-34-33(27)38-32/h2-18H,1H3. The Morgan fingerprint density at radius 1 is 0.632 bits per heavy atom. The van der Waals surface area contributed by atoms with Crippen LogP contribution in [-0.4, -0.2) is 19.9 Å². The molecule has 3 aromatic heterocycles. The topological polar surface area (TPSA) is 64.7 Å². The van der Waals surface area contributed by atoms with Crippen molar-refractivity contribution in [1.29, 1.82) is 0 Å². The Balaban J connectivity index is 1.29. The van der Waals surface area contributed by atoms with Gasteiger partial charge in [-0.1, -0.05) is 66.7 Å². The van der Waals surface area contributed by atoms with Crippen LogP contribution in [0, 0.1) is 6.92 Å². The summed E-state index contributed by atoms with van der Waals surface area (Å²) < 4.78 is 5.90. The third kappa shape index (κ3) is 3.19. The SMILES string of the molecule is Cc1cc(-c2ccc3ccc4cccc5ccc2c3c45)nc(-c2cccc(-c3nc4cccnc4o3)c2)n1. The van der Waals surface area contributed by atoms with E-state index in [1.807, 2.05) is 43.3 Å². The molecule has 0 unspecified atom stereocenters. The number of aromatic nitrogens is 4. The predicted molar refractivity (Wildman–Crippen MR) is 152 cm³/mol. The summed E-state index contributed by atoms with van der Waals surface area (Å²) in [5.74, 6) is 1.20. The first-order valence-electron chi connectivity index (χ1n) is 12.6. The minimum absolute atomic E-state index is 0.524. The Hall–Kier alpha value is -5.16. The zero-order valence-electron chi connectivity index (χ0n) is 20.5. The van der Waals surface area contributed by atoms with Crippen LogP contribution in [0.5, 0.6) is 0 Å². The van der Waals surface area contributed by atoms with Crippen LogP contribution in [0.25, 0.3) is 77.6 Å². The van der Waals surface area contributed by atoms with Gasteiger partial charge in [0, 0.05) is 28.6 Å². The minimum atomic E-state index is 0.524. The summed E-state index contributed by atoms with van der Waals surface area (Å²) in [5.41, 5.74) is 5.93. The molecule has 0 aliphatic rings. The summed E-state index contributed by atoms with van der Waals surface area (Å²) in [5, 5.41) is 7.52. The molecular formula is C33H20N4O. The van der Waals surface area contributed by atoms with E-state index in [4.69, 9.17) is 14.4 Å². The first-order chi connectivity index (χ1) is 18.7. The number of hydrogen-bond acceptors (Lipinski definition) is 5. The van der Waals surface area contributed by atoms with Crippen molar-refractivity contribution in [3.63, 3.8) is 0 Å². The molecule has 5 heteroatoms. The van der Waals surface area contributed by atoms with Gasteiger partial charge < -0.3 is 4.42 Å². The third-order valence-electron chi connectivity index (χ3n) is 7.19. The summed E-state index contributed by atoms with van der Waals surface area (Å²) in [4.78, 5) is 18.7. The van der Waals surface area contributed by atoms with E-state index in [0.29, 0.717) is 17.4 Å². The van der Waals surface area contributed by atoms with Gasteiger partial charge in [0.15, 0.2) is 5.82 Å². The molecule has 8 aromatic rings. The fraction of sp³-hybridized carbons (Fsp3) is 0.0303. The van der Waals surface area contributed by atoms with Crippen LogP contribution in [0.4, 0.5) is 0 Å². The molecule has 0 saturated heterocycles. The van der Waals surface area contributed by atoms with Crippen molar-refractivity contribution in [3.05, 3.63) is 109 Å². The average molecular weight is 489 g/mol. The lowest BCUT2D eigenvalue weighted by atomic mass is 9.91. The molecule has 178 valence electrons. The molecule has 0 aliphatic carbocycles. The predicted octanol–water partition coefficient (Wildman–Crippen LogP) is 8.22. The molecule has 0 fully saturated rings. The second kappa shape index (κ2) is 7.92. The van der Waals surface area contributed by atoms with Gasteiger partial charge in [-0.05, 0) is 69.6 Å². The van der Waals surface area contributed by atoms with E-state index in [9.17, 15) is 0 Å². The van der Waals surface area contributed by atoms with E-state index < -0.39 is 0 Å². The molecule has 0 N–H and O–H groups in total. The molecule has 3 heterocycles. The number of fused-ring (bicyclic) bond motifs is 1. The Bertz CT molecular complexity index is 2110. The molecule has 38 heavy (non-hydrogen) atoms. The van der Waals surface area contributed by atoms with Gasteiger partial charge in [-0.2, -0.15) is 0 Å². The van der Waals surface area contributed by atoms with Crippen LogP contribution in [0.3, 0.4) is 0 Å². The number of rotatable bonds is 3. The molecule has 5 nitrogen and oxygen atoms in total. The van der Waals surface area contributed by atoms with Crippen molar-refractivity contribution >= 4 is 43.5 Å². The number of pyridine rings is 1. The van der Waals surface area contributed by atoms with E-state index in [0.717, 1.165) is 33.6 Å². The summed E-state index contributed by atoms with van der Waals surface area (Å²) >= 11 is 0. The smallest absolute Gasteiger partial charge is 0.247 e. The average Bonchev–Trinajstić information content (AvgIpc) is 3.40. The van der Waals surface area contributed by atoms with Gasteiger partial charge in [0.05, 0.1) is 5.69 Å². The highest BCUT2D eigenvalue weighted by Gasteiger charge is 2.15. The third-order valence-corrected chi connectivity index (χ3v) is 7.19. The largest absolute Gasteiger partial charge is 0.418 e. The van der Waals surface area contributed by atoms with Crippen LogP contribution in [0.1, 0.15) is 5.69 Å². The van der Waals surface area contributed by atoms with Crippen LogP contribution in [-0.2, 0) is 0 Å². The van der Waals surface area contributed by atoms with E-state index in [2.05, 4.69) is 70.6 Å². The fourth-order valence-corrected chi connectivity index (χ4v) is 5.48. The molecule has 0 atom stereocenters. The van der Waals surface area contributed by atoms with Crippen LogP contribution in [0.15, 0.2) is 108 Å². The highest BCUT2D eigenvalue weighted by atomic mass is 16.4. The Labute approximate surface area is 217 Å². The summed E-state index contributed by atoms with van der Waals surface area (Å²) in [7, 11) is 0. The van der Waals surface area contributed by atoms with Gasteiger partial charge in [0.2, 0.25) is 11.6 Å². The van der Waals surface area contributed by atoms with E-state index in [1.54, 1.807) is 6.20 Å². The Morgan fingerprint density at radius 2 is 1.39 bits per heavy atom. The van der Waals surface area contributed by atoms with Crippen LogP contribution < -0.4 is 0 Å². The lowest BCUT2D eigenvalue weighted by Crippen LogP contribution is -1.96. The number of hydrogen-bond donors (Lipinski definition) is 0. The number of aryl methyl sites for hydroxylation is 1. The second-order valence-corrected chi connectivity index (χ2v) is 9.61. The maximum atomic E-state index is 5.90. The van der Waals surface area contributed by atoms with Crippen molar-refractivity contribution < 1.29 is 4.42 Å². The molecule has 5 aromatic carbocycles. The van der Waals surface area contributed by atoms with Gasteiger partial charge in [0.1, 0.15) is 5.52 Å². The van der Waals surface area contributed by atoms with E-state index >= 15 is 0 Å². The molecule has 0 radical (unpaired) electrons. The first-order valence-corrected chi connectivity index (χ1v) is 12.6. The van der Waals surface area contributed by atoms with Gasteiger partial charge >= 0.3 is 0 Å². The molecule has 8 rings (SSSR count). The summed E-state index contributed by atoms with van der Waals surface area (Å²) in [6.07, 6.45) is 1.70. The van der Waals surface area contributed by atoms with Crippen molar-refractivity contribution in [3.8, 4) is 34.1 Å².